The second-order valence-electron chi connectivity index (χ2n) is 7.19. The molecular weight excluding hydrogens is 330 g/mol. The van der Waals surface area contributed by atoms with E-state index in [0.717, 1.165) is 11.4 Å². The van der Waals surface area contributed by atoms with Crippen LogP contribution in [0.25, 0.3) is 0 Å². The van der Waals surface area contributed by atoms with E-state index < -0.39 is 5.60 Å². The van der Waals surface area contributed by atoms with Gasteiger partial charge in [-0.2, -0.15) is 0 Å². The van der Waals surface area contributed by atoms with E-state index in [1.54, 1.807) is 11.0 Å². The molecule has 1 aromatic rings. The molecule has 1 N–H and O–H groups in total. The highest BCUT2D eigenvalue weighted by molar-refractivity contribution is 6.31. The number of amides is 2. The van der Waals surface area contributed by atoms with Crippen LogP contribution in [0.4, 0.5) is 16.2 Å². The average molecular weight is 352 g/mol. The molecule has 1 atom stereocenters. The number of nitrogens with zero attached hydrogens (tertiary/aromatic N) is 2. The zero-order chi connectivity index (χ0) is 17.5. The molecule has 2 heterocycles. The van der Waals surface area contributed by atoms with E-state index in [0.29, 0.717) is 31.1 Å². The number of benzene rings is 1. The van der Waals surface area contributed by atoms with Crippen LogP contribution in [0.15, 0.2) is 18.2 Å². The minimum atomic E-state index is -0.533. The number of carbonyl (C=O) groups is 2. The SMILES string of the molecule is CC(C)(C)OC(=O)N1CCN2c3cc(Cl)ccc3NC(=O)CC2C1. The Labute approximate surface area is 146 Å². The predicted octanol–water partition coefficient (Wildman–Crippen LogP) is 3.11. The standard InChI is InChI=1S/C17H22ClN3O3/c1-17(2,3)24-16(23)20-6-7-21-12(10-20)9-15(22)19-13-5-4-11(18)8-14(13)21/h4-5,8,12H,6-7,9-10H2,1-3H3,(H,19,22). The Kier molecular flexibility index (Phi) is 4.34. The molecule has 2 amide bonds. The van der Waals surface area contributed by atoms with E-state index in [-0.39, 0.29) is 18.0 Å². The molecule has 7 heteroatoms. The largest absolute Gasteiger partial charge is 0.444 e. The van der Waals surface area contributed by atoms with Crippen molar-refractivity contribution in [3.8, 4) is 0 Å². The Bertz CT molecular complexity index is 672. The number of ether oxygens (including phenoxy) is 1. The molecular formula is C17H22ClN3O3. The summed E-state index contributed by atoms with van der Waals surface area (Å²) >= 11 is 6.13. The van der Waals surface area contributed by atoms with Gasteiger partial charge < -0.3 is 19.9 Å². The van der Waals surface area contributed by atoms with Gasteiger partial charge in [0.15, 0.2) is 0 Å². The van der Waals surface area contributed by atoms with Crippen molar-refractivity contribution in [3.63, 3.8) is 0 Å². The highest BCUT2D eigenvalue weighted by Crippen LogP contribution is 2.35. The molecule has 24 heavy (non-hydrogen) atoms. The van der Waals surface area contributed by atoms with Gasteiger partial charge in [0.05, 0.1) is 17.4 Å². The number of carbonyl (C=O) groups excluding carboxylic acids is 2. The van der Waals surface area contributed by atoms with Gasteiger partial charge in [-0.15, -0.1) is 0 Å². The summed E-state index contributed by atoms with van der Waals surface area (Å²) in [7, 11) is 0. The zero-order valence-corrected chi connectivity index (χ0v) is 14.9. The van der Waals surface area contributed by atoms with Crippen molar-refractivity contribution in [1.29, 1.82) is 0 Å². The molecule has 6 nitrogen and oxygen atoms in total. The van der Waals surface area contributed by atoms with Crippen LogP contribution in [0.2, 0.25) is 5.02 Å². The first-order valence-corrected chi connectivity index (χ1v) is 8.45. The number of rotatable bonds is 0. The molecule has 2 aliphatic heterocycles. The third-order valence-electron chi connectivity index (χ3n) is 4.10. The molecule has 0 saturated carbocycles. The van der Waals surface area contributed by atoms with Crippen LogP contribution >= 0.6 is 11.6 Å². The lowest BCUT2D eigenvalue weighted by Gasteiger charge is -2.42. The molecule has 0 radical (unpaired) electrons. The molecule has 1 aromatic carbocycles. The van der Waals surface area contributed by atoms with Gasteiger partial charge in [-0.1, -0.05) is 11.6 Å². The smallest absolute Gasteiger partial charge is 0.410 e. The monoisotopic (exact) mass is 351 g/mol. The Hall–Kier alpha value is -1.95. The molecule has 1 fully saturated rings. The van der Waals surface area contributed by atoms with Gasteiger partial charge in [0.1, 0.15) is 5.60 Å². The van der Waals surface area contributed by atoms with Crippen molar-refractivity contribution in [2.24, 2.45) is 0 Å². The Morgan fingerprint density at radius 2 is 2.08 bits per heavy atom. The fourth-order valence-electron chi connectivity index (χ4n) is 3.10. The summed E-state index contributed by atoms with van der Waals surface area (Å²) in [4.78, 5) is 28.3. The van der Waals surface area contributed by atoms with Crippen LogP contribution in [-0.2, 0) is 9.53 Å². The van der Waals surface area contributed by atoms with E-state index in [2.05, 4.69) is 10.2 Å². The summed E-state index contributed by atoms with van der Waals surface area (Å²) in [5.74, 6) is -0.0582. The summed E-state index contributed by atoms with van der Waals surface area (Å²) in [5, 5.41) is 3.54. The lowest BCUT2D eigenvalue weighted by Crippen LogP contribution is -2.55. The summed E-state index contributed by atoms with van der Waals surface area (Å²) in [5.41, 5.74) is 1.13. The van der Waals surface area contributed by atoms with Crippen molar-refractivity contribution in [3.05, 3.63) is 23.2 Å². The first kappa shape index (κ1) is 16.9. The minimum absolute atomic E-state index is 0.0582. The first-order chi connectivity index (χ1) is 11.2. The number of anilines is 2. The van der Waals surface area contributed by atoms with Gasteiger partial charge in [0, 0.05) is 31.1 Å². The highest BCUT2D eigenvalue weighted by atomic mass is 35.5. The van der Waals surface area contributed by atoms with E-state index in [1.165, 1.54) is 0 Å². The molecule has 1 saturated heterocycles. The average Bonchev–Trinajstić information content (AvgIpc) is 2.60. The number of nitrogens with one attached hydrogen (secondary N) is 1. The number of halogens is 1. The molecule has 130 valence electrons. The molecule has 0 aromatic heterocycles. The lowest BCUT2D eigenvalue weighted by molar-refractivity contribution is -0.116. The number of fused-ring (bicyclic) bond motifs is 3. The molecule has 2 aliphatic rings. The van der Waals surface area contributed by atoms with Crippen molar-refractivity contribution >= 4 is 35.0 Å². The van der Waals surface area contributed by atoms with Gasteiger partial charge in [0.2, 0.25) is 5.91 Å². The van der Waals surface area contributed by atoms with Crippen LogP contribution in [0.1, 0.15) is 27.2 Å². The van der Waals surface area contributed by atoms with Crippen molar-refractivity contribution in [1.82, 2.24) is 4.90 Å². The second-order valence-corrected chi connectivity index (χ2v) is 7.62. The van der Waals surface area contributed by atoms with Gasteiger partial charge in [-0.3, -0.25) is 4.79 Å². The second kappa shape index (κ2) is 6.16. The third-order valence-corrected chi connectivity index (χ3v) is 4.33. The normalized spacial score (nSPS) is 20.7. The maximum Gasteiger partial charge on any atom is 0.410 e. The number of hydrogen-bond acceptors (Lipinski definition) is 4. The van der Waals surface area contributed by atoms with Gasteiger partial charge >= 0.3 is 6.09 Å². The minimum Gasteiger partial charge on any atom is -0.444 e. The number of hydrogen-bond donors (Lipinski definition) is 1. The van der Waals surface area contributed by atoms with Crippen molar-refractivity contribution in [2.75, 3.05) is 29.9 Å². The molecule has 0 spiro atoms. The van der Waals surface area contributed by atoms with Gasteiger partial charge in [-0.25, -0.2) is 4.79 Å². The van der Waals surface area contributed by atoms with Crippen LogP contribution in [0.3, 0.4) is 0 Å². The zero-order valence-electron chi connectivity index (χ0n) is 14.1. The Morgan fingerprint density at radius 1 is 1.33 bits per heavy atom. The fourth-order valence-corrected chi connectivity index (χ4v) is 3.27. The summed E-state index contributed by atoms with van der Waals surface area (Å²) < 4.78 is 5.45. The maximum atomic E-state index is 12.3. The fraction of sp³-hybridized carbons (Fsp3) is 0.529. The van der Waals surface area contributed by atoms with Crippen molar-refractivity contribution in [2.45, 2.75) is 38.8 Å². The Morgan fingerprint density at radius 3 is 2.79 bits per heavy atom. The maximum absolute atomic E-state index is 12.3. The highest BCUT2D eigenvalue weighted by Gasteiger charge is 2.36. The van der Waals surface area contributed by atoms with Crippen LogP contribution in [0, 0.1) is 0 Å². The van der Waals surface area contributed by atoms with Gasteiger partial charge in [-0.05, 0) is 39.0 Å². The molecule has 0 aliphatic carbocycles. The third kappa shape index (κ3) is 3.59. The molecule has 1 unspecified atom stereocenters. The predicted molar refractivity (Wildman–Crippen MR) is 93.6 cm³/mol. The van der Waals surface area contributed by atoms with Crippen LogP contribution in [0.5, 0.6) is 0 Å². The topological polar surface area (TPSA) is 61.9 Å². The summed E-state index contributed by atoms with van der Waals surface area (Å²) in [6.07, 6.45) is -0.0101. The quantitative estimate of drug-likeness (QED) is 0.780. The van der Waals surface area contributed by atoms with Gasteiger partial charge in [0.25, 0.3) is 0 Å². The van der Waals surface area contributed by atoms with Crippen molar-refractivity contribution < 1.29 is 14.3 Å². The Balaban J connectivity index is 1.82. The number of piperazine rings is 1. The van der Waals surface area contributed by atoms with Crippen LogP contribution in [-0.4, -0.2) is 48.2 Å². The van der Waals surface area contributed by atoms with E-state index >= 15 is 0 Å². The lowest BCUT2D eigenvalue weighted by atomic mass is 10.1. The first-order valence-electron chi connectivity index (χ1n) is 8.07. The van der Waals surface area contributed by atoms with Crippen LogP contribution < -0.4 is 10.2 Å². The van der Waals surface area contributed by atoms with E-state index in [1.807, 2.05) is 32.9 Å². The van der Waals surface area contributed by atoms with E-state index in [9.17, 15) is 9.59 Å². The summed E-state index contributed by atoms with van der Waals surface area (Å²) in [6, 6.07) is 5.35. The molecule has 3 rings (SSSR count). The van der Waals surface area contributed by atoms with E-state index in [4.69, 9.17) is 16.3 Å². The summed E-state index contributed by atoms with van der Waals surface area (Å²) in [6.45, 7) is 7.17. The molecule has 0 bridgehead atoms.